The molecule has 3 atom stereocenters. The van der Waals surface area contributed by atoms with Crippen LogP contribution in [0.5, 0.6) is 0 Å². The van der Waals surface area contributed by atoms with Crippen LogP contribution in [0.1, 0.15) is 47.5 Å². The molecular formula is C16H28ClN3O6. The number of carboxylic acids is 1. The molecule has 1 aliphatic heterocycles. The van der Waals surface area contributed by atoms with Crippen LogP contribution in [0.4, 0.5) is 0 Å². The molecule has 150 valence electrons. The van der Waals surface area contributed by atoms with Crippen LogP contribution in [-0.4, -0.2) is 47.3 Å². The molecule has 0 aromatic heterocycles. The molecule has 0 radical (unpaired) electrons. The summed E-state index contributed by atoms with van der Waals surface area (Å²) in [4.78, 5) is 38.4. The van der Waals surface area contributed by atoms with E-state index in [0.717, 1.165) is 6.92 Å². The highest BCUT2D eigenvalue weighted by atomic mass is 35.5. The van der Waals surface area contributed by atoms with Gasteiger partial charge in [0.1, 0.15) is 5.17 Å². The minimum atomic E-state index is -1.08. The fourth-order valence-corrected chi connectivity index (χ4v) is 2.29. The third-order valence-electron chi connectivity index (χ3n) is 3.06. The number of halogens is 1. The van der Waals surface area contributed by atoms with Crippen LogP contribution >= 0.6 is 11.6 Å². The van der Waals surface area contributed by atoms with Gasteiger partial charge >= 0.3 is 5.97 Å². The number of quaternary nitrogens is 1. The van der Waals surface area contributed by atoms with Crippen molar-refractivity contribution in [3.05, 3.63) is 0 Å². The Morgan fingerprint density at radius 1 is 1.38 bits per heavy atom. The topological polar surface area (TPSA) is 145 Å². The van der Waals surface area contributed by atoms with E-state index in [1.54, 1.807) is 13.8 Å². The number of amides is 1. The first-order valence-electron chi connectivity index (χ1n) is 8.33. The predicted molar refractivity (Wildman–Crippen MR) is 92.7 cm³/mol. The van der Waals surface area contributed by atoms with Gasteiger partial charge in [0.25, 0.3) is 5.91 Å². The molecule has 0 bridgehead atoms. The van der Waals surface area contributed by atoms with Crippen molar-refractivity contribution in [2.24, 2.45) is 11.1 Å². The van der Waals surface area contributed by atoms with Gasteiger partial charge in [-0.15, -0.1) is 0 Å². The van der Waals surface area contributed by atoms with E-state index in [9.17, 15) is 9.59 Å². The fourth-order valence-electron chi connectivity index (χ4n) is 2.10. The maximum Gasteiger partial charge on any atom is 0.332 e. The standard InChI is InChI=1S/C14H24ClN3O4.C2H4O2/c1-7(2)5-9(16)13(19)17-12(14(20)21-8(3)4)10-6-11(15)18-22-10;1-2(3)4/h7-10,12H,5-6,16H2,1-4H3,(H,17,19);1H3,(H,3,4)/t9-,10+,12+;/m1./s1. The zero-order chi connectivity index (χ0) is 20.4. The number of esters is 1. The molecule has 0 saturated carbocycles. The Morgan fingerprint density at radius 2 is 1.92 bits per heavy atom. The molecular weight excluding hydrogens is 366 g/mol. The van der Waals surface area contributed by atoms with Crippen molar-refractivity contribution in [2.75, 3.05) is 0 Å². The van der Waals surface area contributed by atoms with E-state index in [0.29, 0.717) is 12.3 Å². The van der Waals surface area contributed by atoms with Crippen molar-refractivity contribution >= 4 is 34.6 Å². The molecule has 0 aliphatic carbocycles. The van der Waals surface area contributed by atoms with E-state index in [2.05, 4.69) is 16.2 Å². The molecule has 0 aromatic rings. The zero-order valence-corrected chi connectivity index (χ0v) is 16.5. The third kappa shape index (κ3) is 10.2. The first kappa shape index (κ1) is 24.1. The maximum absolute atomic E-state index is 12.2. The lowest BCUT2D eigenvalue weighted by Crippen LogP contribution is -2.69. The summed E-state index contributed by atoms with van der Waals surface area (Å²) in [6.07, 6.45) is -0.0726. The second kappa shape index (κ2) is 11.7. The lowest BCUT2D eigenvalue weighted by Gasteiger charge is -2.23. The van der Waals surface area contributed by atoms with Gasteiger partial charge in [0.2, 0.25) is 0 Å². The molecule has 1 rings (SSSR count). The van der Waals surface area contributed by atoms with Crippen LogP contribution in [0.3, 0.4) is 0 Å². The first-order chi connectivity index (χ1) is 11.9. The molecule has 4 N–H and O–H groups in total. The van der Waals surface area contributed by atoms with E-state index in [1.165, 1.54) is 0 Å². The van der Waals surface area contributed by atoms with Gasteiger partial charge in [-0.2, -0.15) is 0 Å². The zero-order valence-electron chi connectivity index (χ0n) is 15.8. The minimum absolute atomic E-state index is 0.256. The van der Waals surface area contributed by atoms with E-state index < -0.39 is 30.1 Å². The van der Waals surface area contributed by atoms with Gasteiger partial charge in [-0.05, 0) is 26.7 Å². The number of carbonyl (C=O) groups excluding carboxylic acids is 3. The monoisotopic (exact) mass is 393 g/mol. The Balaban J connectivity index is 0.00000141. The first-order valence-corrected chi connectivity index (χ1v) is 8.71. The van der Waals surface area contributed by atoms with Crippen molar-refractivity contribution in [2.45, 2.75) is 71.8 Å². The van der Waals surface area contributed by atoms with Crippen LogP contribution in [0.25, 0.3) is 0 Å². The molecule has 1 aliphatic rings. The van der Waals surface area contributed by atoms with Crippen molar-refractivity contribution in [3.8, 4) is 0 Å². The number of hydrogen-bond acceptors (Lipinski definition) is 7. The molecule has 10 heteroatoms. The number of carbonyl (C=O) groups is 3. The summed E-state index contributed by atoms with van der Waals surface area (Å²) < 4.78 is 5.17. The summed E-state index contributed by atoms with van der Waals surface area (Å²) in [7, 11) is 0. The average molecular weight is 394 g/mol. The van der Waals surface area contributed by atoms with Gasteiger partial charge < -0.3 is 30.5 Å². The second-order valence-corrected chi connectivity index (χ2v) is 7.04. The summed E-state index contributed by atoms with van der Waals surface area (Å²) in [5.41, 5.74) is 3.83. The van der Waals surface area contributed by atoms with Gasteiger partial charge in [-0.3, -0.25) is 4.79 Å². The number of rotatable bonds is 7. The Bertz CT molecular complexity index is 520. The molecule has 9 nitrogen and oxygen atoms in total. The average Bonchev–Trinajstić information content (AvgIpc) is 2.88. The molecule has 26 heavy (non-hydrogen) atoms. The highest BCUT2D eigenvalue weighted by Gasteiger charge is 2.38. The van der Waals surface area contributed by atoms with E-state index in [4.69, 9.17) is 31.1 Å². The Hall–Kier alpha value is -1.87. The summed E-state index contributed by atoms with van der Waals surface area (Å²) in [6.45, 7) is 8.45. The normalized spacial score (nSPS) is 18.2. The van der Waals surface area contributed by atoms with Gasteiger partial charge in [-0.1, -0.05) is 30.6 Å². The van der Waals surface area contributed by atoms with Crippen molar-refractivity contribution in [3.63, 3.8) is 0 Å². The van der Waals surface area contributed by atoms with Crippen LogP contribution in [-0.2, 0) is 24.0 Å². The Kier molecular flexibility index (Phi) is 10.8. The van der Waals surface area contributed by atoms with Crippen molar-refractivity contribution in [1.82, 2.24) is 5.32 Å². The van der Waals surface area contributed by atoms with E-state index >= 15 is 0 Å². The highest BCUT2D eigenvalue weighted by Crippen LogP contribution is 2.18. The van der Waals surface area contributed by atoms with Crippen LogP contribution in [0.2, 0.25) is 0 Å². The van der Waals surface area contributed by atoms with Crippen molar-refractivity contribution < 1.29 is 34.8 Å². The smallest absolute Gasteiger partial charge is 0.332 e. The molecule has 0 fully saturated rings. The number of nitrogens with one attached hydrogen (secondary N) is 1. The third-order valence-corrected chi connectivity index (χ3v) is 3.28. The van der Waals surface area contributed by atoms with Gasteiger partial charge in [-0.25, -0.2) is 4.79 Å². The van der Waals surface area contributed by atoms with E-state index in [-0.39, 0.29) is 23.6 Å². The predicted octanol–water partition coefficient (Wildman–Crippen LogP) is -0.823. The Labute approximate surface area is 158 Å². The molecule has 0 aromatic carbocycles. The molecule has 0 saturated heterocycles. The van der Waals surface area contributed by atoms with Crippen LogP contribution in [0, 0.1) is 5.92 Å². The number of ether oxygens (including phenoxy) is 1. The fraction of sp³-hybridized carbons (Fsp3) is 0.750. The number of aliphatic carboxylic acids is 1. The summed E-state index contributed by atoms with van der Waals surface area (Å²) in [5, 5.41) is 15.4. The second-order valence-electron chi connectivity index (χ2n) is 6.61. The number of oxime groups is 1. The summed E-state index contributed by atoms with van der Waals surface area (Å²) >= 11 is 5.78. The quantitative estimate of drug-likeness (QED) is 0.540. The number of carboxylic acid groups (broad SMARTS) is 1. The molecule has 0 unspecified atom stereocenters. The maximum atomic E-state index is 12.2. The van der Waals surface area contributed by atoms with Gasteiger partial charge in [0, 0.05) is 18.8 Å². The lowest BCUT2D eigenvalue weighted by molar-refractivity contribution is -0.406. The summed E-state index contributed by atoms with van der Waals surface area (Å²) in [5.74, 6) is -1.63. The minimum Gasteiger partial charge on any atom is -0.550 e. The van der Waals surface area contributed by atoms with Crippen molar-refractivity contribution in [1.29, 1.82) is 0 Å². The van der Waals surface area contributed by atoms with Gasteiger partial charge in [0.05, 0.1) is 6.10 Å². The molecule has 0 spiro atoms. The van der Waals surface area contributed by atoms with E-state index in [1.807, 2.05) is 13.8 Å². The number of nitrogens with zero attached hydrogens (tertiary/aromatic N) is 1. The van der Waals surface area contributed by atoms with Crippen LogP contribution < -0.4 is 16.2 Å². The summed E-state index contributed by atoms with van der Waals surface area (Å²) in [6, 6.07) is -1.40. The Morgan fingerprint density at radius 3 is 2.31 bits per heavy atom. The molecule has 1 heterocycles. The molecule has 1 amide bonds. The lowest BCUT2D eigenvalue weighted by atomic mass is 10.0. The highest BCUT2D eigenvalue weighted by molar-refractivity contribution is 6.65. The van der Waals surface area contributed by atoms with Crippen LogP contribution in [0.15, 0.2) is 5.16 Å². The van der Waals surface area contributed by atoms with Gasteiger partial charge in [0.15, 0.2) is 18.2 Å². The SMILES string of the molecule is CC(=O)[O-].CC(C)C[C@@H]([NH3+])C(=O)N[C@H](C(=O)OC(C)C)[C@@H]1CC(Cl)=NO1. The number of hydrogen-bond donors (Lipinski definition) is 2. The largest absolute Gasteiger partial charge is 0.550 e.